The molecule has 1 aliphatic rings. The average Bonchev–Trinajstić information content (AvgIpc) is 3.12. The predicted octanol–water partition coefficient (Wildman–Crippen LogP) is 1.43. The molecule has 1 aliphatic heterocycles. The molecule has 8 nitrogen and oxygen atoms in total. The smallest absolute Gasteiger partial charge is 0.321 e. The molecule has 27 heavy (non-hydrogen) atoms. The third kappa shape index (κ3) is 4.63. The Morgan fingerprint density at radius 3 is 2.52 bits per heavy atom. The maximum Gasteiger partial charge on any atom is 0.321 e. The van der Waals surface area contributed by atoms with Gasteiger partial charge in [-0.05, 0) is 37.3 Å². The minimum atomic E-state index is -3.84. The average molecular weight is 391 g/mol. The van der Waals surface area contributed by atoms with Crippen LogP contribution in [0.4, 0.5) is 0 Å². The largest absolute Gasteiger partial charge is 0.456 e. The third-order valence-corrected chi connectivity index (χ3v) is 5.21. The molecule has 0 bridgehead atoms. The number of carbonyl (C=O) groups excluding carboxylic acids is 2. The summed E-state index contributed by atoms with van der Waals surface area (Å²) in [5.41, 5.74) is 1.21. The van der Waals surface area contributed by atoms with Crippen LogP contribution in [0, 0.1) is 6.92 Å². The second-order valence-electron chi connectivity index (χ2n) is 5.79. The molecular formula is C18H17NO7S. The fraction of sp³-hybridized carbons (Fsp3) is 0.222. The lowest BCUT2D eigenvalue weighted by Gasteiger charge is -2.08. The number of fused-ring (bicyclic) bond motifs is 1. The van der Waals surface area contributed by atoms with E-state index in [1.807, 2.05) is 6.92 Å². The van der Waals surface area contributed by atoms with Crippen molar-refractivity contribution in [1.29, 1.82) is 0 Å². The Kier molecular flexibility index (Phi) is 5.43. The zero-order valence-electron chi connectivity index (χ0n) is 14.4. The van der Waals surface area contributed by atoms with E-state index in [1.165, 1.54) is 24.3 Å². The van der Waals surface area contributed by atoms with E-state index >= 15 is 0 Å². The van der Waals surface area contributed by atoms with Gasteiger partial charge in [-0.25, -0.2) is 8.42 Å². The van der Waals surface area contributed by atoms with Crippen molar-refractivity contribution in [3.8, 4) is 11.5 Å². The second-order valence-corrected chi connectivity index (χ2v) is 7.56. The van der Waals surface area contributed by atoms with Crippen molar-refractivity contribution in [1.82, 2.24) is 4.72 Å². The van der Waals surface area contributed by atoms with Crippen LogP contribution in [0.3, 0.4) is 0 Å². The lowest BCUT2D eigenvalue weighted by Crippen LogP contribution is -2.31. The van der Waals surface area contributed by atoms with E-state index in [-0.39, 0.29) is 11.7 Å². The number of rotatable bonds is 7. The third-order valence-electron chi connectivity index (χ3n) is 3.80. The van der Waals surface area contributed by atoms with Gasteiger partial charge < -0.3 is 14.2 Å². The number of sulfonamides is 1. The van der Waals surface area contributed by atoms with Gasteiger partial charge in [0.1, 0.15) is 6.54 Å². The number of ether oxygens (including phenoxy) is 3. The van der Waals surface area contributed by atoms with Gasteiger partial charge in [-0.1, -0.05) is 17.7 Å². The maximum absolute atomic E-state index is 12.1. The lowest BCUT2D eigenvalue weighted by molar-refractivity contribution is -0.141. The molecule has 9 heteroatoms. The molecule has 0 unspecified atom stereocenters. The molecule has 2 aromatic carbocycles. The molecule has 2 aromatic rings. The normalized spacial score (nSPS) is 12.6. The molecular weight excluding hydrogens is 374 g/mol. The van der Waals surface area contributed by atoms with Gasteiger partial charge in [0.15, 0.2) is 23.9 Å². The molecule has 0 atom stereocenters. The summed E-state index contributed by atoms with van der Waals surface area (Å²) in [6.45, 7) is 0.830. The molecule has 3 rings (SSSR count). The Hall–Kier alpha value is -2.91. The minimum absolute atomic E-state index is 0.0392. The Labute approximate surface area is 156 Å². The first-order chi connectivity index (χ1) is 12.8. The van der Waals surface area contributed by atoms with Crippen LogP contribution in [-0.2, 0) is 19.6 Å². The summed E-state index contributed by atoms with van der Waals surface area (Å²) in [6.07, 6.45) is 0. The van der Waals surface area contributed by atoms with Gasteiger partial charge in [0, 0.05) is 5.56 Å². The maximum atomic E-state index is 12.1. The molecule has 142 valence electrons. The van der Waals surface area contributed by atoms with E-state index in [2.05, 4.69) is 4.72 Å². The molecule has 0 aliphatic carbocycles. The zero-order chi connectivity index (χ0) is 19.4. The Morgan fingerprint density at radius 2 is 1.78 bits per heavy atom. The zero-order valence-corrected chi connectivity index (χ0v) is 15.2. The monoisotopic (exact) mass is 391 g/mol. The Bertz CT molecular complexity index is 968. The van der Waals surface area contributed by atoms with E-state index in [4.69, 9.17) is 14.2 Å². The van der Waals surface area contributed by atoms with E-state index in [1.54, 1.807) is 18.2 Å². The molecule has 0 spiro atoms. The van der Waals surface area contributed by atoms with Crippen molar-refractivity contribution in [3.63, 3.8) is 0 Å². The van der Waals surface area contributed by atoms with Gasteiger partial charge in [0.2, 0.25) is 16.8 Å². The predicted molar refractivity (Wildman–Crippen MR) is 94.2 cm³/mol. The quantitative estimate of drug-likeness (QED) is 0.562. The van der Waals surface area contributed by atoms with Crippen LogP contribution in [0.1, 0.15) is 15.9 Å². The number of hydrogen-bond acceptors (Lipinski definition) is 7. The SMILES string of the molecule is Cc1ccc(S(=O)(=O)NCC(=O)OCC(=O)c2ccc3c(c2)OCO3)cc1. The number of esters is 1. The molecule has 0 saturated carbocycles. The van der Waals surface area contributed by atoms with Crippen molar-refractivity contribution in [2.45, 2.75) is 11.8 Å². The summed E-state index contributed by atoms with van der Waals surface area (Å²) in [6, 6.07) is 10.8. The number of benzene rings is 2. The second kappa shape index (κ2) is 7.77. The van der Waals surface area contributed by atoms with Crippen LogP contribution in [-0.4, -0.2) is 40.1 Å². The lowest BCUT2D eigenvalue weighted by atomic mass is 10.1. The Balaban J connectivity index is 1.50. The highest BCUT2D eigenvalue weighted by atomic mass is 32.2. The highest BCUT2D eigenvalue weighted by Crippen LogP contribution is 2.32. The number of hydrogen-bond donors (Lipinski definition) is 1. The number of ketones is 1. The highest BCUT2D eigenvalue weighted by molar-refractivity contribution is 7.89. The summed E-state index contributed by atoms with van der Waals surface area (Å²) in [5.74, 6) is -0.324. The van der Waals surface area contributed by atoms with Gasteiger partial charge in [0.25, 0.3) is 0 Å². The van der Waals surface area contributed by atoms with Crippen LogP contribution in [0.5, 0.6) is 11.5 Å². The first-order valence-corrected chi connectivity index (χ1v) is 9.48. The van der Waals surface area contributed by atoms with Crippen molar-refractivity contribution in [3.05, 3.63) is 53.6 Å². The Morgan fingerprint density at radius 1 is 1.07 bits per heavy atom. The molecule has 0 amide bonds. The topological polar surface area (TPSA) is 108 Å². The fourth-order valence-electron chi connectivity index (χ4n) is 2.31. The van der Waals surface area contributed by atoms with Gasteiger partial charge in [-0.2, -0.15) is 4.72 Å². The summed E-state index contributed by atoms with van der Waals surface area (Å²) < 4.78 is 41.5. The fourth-order valence-corrected chi connectivity index (χ4v) is 3.27. The molecule has 1 N–H and O–H groups in total. The summed E-state index contributed by atoms with van der Waals surface area (Å²) in [5, 5.41) is 0. The van der Waals surface area contributed by atoms with Crippen LogP contribution < -0.4 is 14.2 Å². The van der Waals surface area contributed by atoms with E-state index in [0.29, 0.717) is 17.1 Å². The number of aryl methyl sites for hydroxylation is 1. The summed E-state index contributed by atoms with van der Waals surface area (Å²) in [7, 11) is -3.84. The number of nitrogens with one attached hydrogen (secondary N) is 1. The number of Topliss-reactive ketones (excluding diaryl/α,β-unsaturated/α-hetero) is 1. The summed E-state index contributed by atoms with van der Waals surface area (Å²) >= 11 is 0. The minimum Gasteiger partial charge on any atom is -0.456 e. The highest BCUT2D eigenvalue weighted by Gasteiger charge is 2.19. The van der Waals surface area contributed by atoms with Crippen molar-refractivity contribution < 1.29 is 32.2 Å². The first kappa shape index (κ1) is 18.9. The molecule has 0 fully saturated rings. The molecule has 1 heterocycles. The van der Waals surface area contributed by atoms with Crippen LogP contribution >= 0.6 is 0 Å². The molecule has 0 aromatic heterocycles. The van der Waals surface area contributed by atoms with Crippen molar-refractivity contribution in [2.75, 3.05) is 19.9 Å². The van der Waals surface area contributed by atoms with Crippen LogP contribution in [0.2, 0.25) is 0 Å². The van der Waals surface area contributed by atoms with E-state index < -0.39 is 34.9 Å². The van der Waals surface area contributed by atoms with Crippen LogP contribution in [0.15, 0.2) is 47.4 Å². The first-order valence-electron chi connectivity index (χ1n) is 8.00. The number of carbonyl (C=O) groups is 2. The van der Waals surface area contributed by atoms with Gasteiger partial charge in [-0.3, -0.25) is 9.59 Å². The van der Waals surface area contributed by atoms with E-state index in [9.17, 15) is 18.0 Å². The molecule has 0 saturated heterocycles. The molecule has 0 radical (unpaired) electrons. The van der Waals surface area contributed by atoms with Crippen LogP contribution in [0.25, 0.3) is 0 Å². The van der Waals surface area contributed by atoms with Crippen molar-refractivity contribution >= 4 is 21.8 Å². The van der Waals surface area contributed by atoms with Gasteiger partial charge >= 0.3 is 5.97 Å². The van der Waals surface area contributed by atoms with Gasteiger partial charge in [0.05, 0.1) is 4.90 Å². The standard InChI is InChI=1S/C18H17NO7S/c1-12-2-5-14(6-3-12)27(22,23)19-9-18(21)24-10-15(20)13-4-7-16-17(8-13)26-11-25-16/h2-8,19H,9-11H2,1H3. The van der Waals surface area contributed by atoms with E-state index in [0.717, 1.165) is 5.56 Å². The van der Waals surface area contributed by atoms with Crippen molar-refractivity contribution in [2.24, 2.45) is 0 Å². The summed E-state index contributed by atoms with van der Waals surface area (Å²) in [4.78, 5) is 23.9. The van der Waals surface area contributed by atoms with Gasteiger partial charge in [-0.15, -0.1) is 0 Å².